The van der Waals surface area contributed by atoms with Gasteiger partial charge in [0.25, 0.3) is 5.91 Å². The van der Waals surface area contributed by atoms with Crippen LogP contribution in [0.4, 0.5) is 0 Å². The normalized spacial score (nSPS) is 17.7. The van der Waals surface area contributed by atoms with Gasteiger partial charge in [0.05, 0.1) is 6.04 Å². The highest BCUT2D eigenvalue weighted by Crippen LogP contribution is 2.26. The van der Waals surface area contributed by atoms with Crippen molar-refractivity contribution in [2.45, 2.75) is 43.7 Å². The summed E-state index contributed by atoms with van der Waals surface area (Å²) < 4.78 is 31.1. The highest BCUT2D eigenvalue weighted by atomic mass is 32.2. The maximum absolute atomic E-state index is 12.6. The number of nitrogens with zero attached hydrogens (tertiary/aromatic N) is 4. The number of aryl methyl sites for hydroxylation is 3. The fraction of sp³-hybridized carbons (Fsp3) is 0.500. The molecule has 0 aliphatic carbocycles. The van der Waals surface area contributed by atoms with Gasteiger partial charge in [-0.25, -0.2) is 22.8 Å². The lowest BCUT2D eigenvalue weighted by Crippen LogP contribution is -2.33. The Bertz CT molecular complexity index is 882. The van der Waals surface area contributed by atoms with E-state index in [9.17, 15) is 13.2 Å². The minimum absolute atomic E-state index is 0.00570. The van der Waals surface area contributed by atoms with Gasteiger partial charge in [-0.2, -0.15) is 5.10 Å². The van der Waals surface area contributed by atoms with Gasteiger partial charge < -0.3 is 10.3 Å². The number of amides is 1. The molecule has 0 saturated heterocycles. The summed E-state index contributed by atoms with van der Waals surface area (Å²) in [6.07, 6.45) is 3.53. The third-order valence-corrected chi connectivity index (χ3v) is 5.51. The molecule has 0 aromatic carbocycles. The highest BCUT2D eigenvalue weighted by Gasteiger charge is 2.29. The Morgan fingerprint density at radius 2 is 2.25 bits per heavy atom. The summed E-state index contributed by atoms with van der Waals surface area (Å²) in [6, 6.07) is 0.837. The molecule has 24 heavy (non-hydrogen) atoms. The first-order valence-electron chi connectivity index (χ1n) is 7.74. The SMILES string of the molecule is CCc1nc2n(n1)CCC[C@H]2NS(=O)(=O)c1cc(C(N)=O)n(C)c1. The van der Waals surface area contributed by atoms with Crippen LogP contribution in [0.25, 0.3) is 0 Å². The Morgan fingerprint density at radius 3 is 2.88 bits per heavy atom. The second-order valence-electron chi connectivity index (χ2n) is 5.82. The number of aromatic nitrogens is 4. The zero-order valence-corrected chi connectivity index (χ0v) is 14.4. The molecule has 1 aliphatic rings. The van der Waals surface area contributed by atoms with Crippen LogP contribution in [0, 0.1) is 0 Å². The van der Waals surface area contributed by atoms with Crippen molar-refractivity contribution in [3.8, 4) is 0 Å². The quantitative estimate of drug-likeness (QED) is 0.789. The second kappa shape index (κ2) is 6.02. The smallest absolute Gasteiger partial charge is 0.265 e. The topological polar surface area (TPSA) is 125 Å². The van der Waals surface area contributed by atoms with Crippen LogP contribution in [-0.4, -0.2) is 33.7 Å². The summed E-state index contributed by atoms with van der Waals surface area (Å²) in [4.78, 5) is 15.7. The monoisotopic (exact) mass is 352 g/mol. The summed E-state index contributed by atoms with van der Waals surface area (Å²) in [7, 11) is -2.22. The van der Waals surface area contributed by atoms with Gasteiger partial charge in [0, 0.05) is 26.2 Å². The molecule has 0 bridgehead atoms. The Labute approximate surface area is 139 Å². The van der Waals surface area contributed by atoms with Crippen molar-refractivity contribution in [3.05, 3.63) is 29.6 Å². The largest absolute Gasteiger partial charge is 0.364 e. The van der Waals surface area contributed by atoms with Crippen molar-refractivity contribution in [3.63, 3.8) is 0 Å². The molecule has 3 heterocycles. The van der Waals surface area contributed by atoms with E-state index in [2.05, 4.69) is 14.8 Å². The number of carbonyl (C=O) groups is 1. The first-order valence-corrected chi connectivity index (χ1v) is 9.22. The van der Waals surface area contributed by atoms with E-state index in [4.69, 9.17) is 5.73 Å². The van der Waals surface area contributed by atoms with Crippen molar-refractivity contribution in [1.29, 1.82) is 0 Å². The van der Waals surface area contributed by atoms with Crippen LogP contribution in [0.1, 0.15) is 47.9 Å². The van der Waals surface area contributed by atoms with Gasteiger partial charge in [-0.05, 0) is 18.9 Å². The number of sulfonamides is 1. The second-order valence-corrected chi connectivity index (χ2v) is 7.53. The summed E-state index contributed by atoms with van der Waals surface area (Å²) in [6.45, 7) is 2.69. The van der Waals surface area contributed by atoms with Crippen molar-refractivity contribution in [2.75, 3.05) is 0 Å². The maximum Gasteiger partial charge on any atom is 0.265 e. The Hall–Kier alpha value is -2.20. The Kier molecular flexibility index (Phi) is 4.18. The minimum atomic E-state index is -3.79. The average molecular weight is 352 g/mol. The molecule has 130 valence electrons. The number of nitrogens with two attached hydrogens (primary N) is 1. The summed E-state index contributed by atoms with van der Waals surface area (Å²) in [5.41, 5.74) is 5.37. The van der Waals surface area contributed by atoms with E-state index < -0.39 is 22.0 Å². The number of hydrogen-bond acceptors (Lipinski definition) is 5. The number of rotatable bonds is 5. The average Bonchev–Trinajstić information content (AvgIpc) is 3.11. The Morgan fingerprint density at radius 1 is 1.50 bits per heavy atom. The number of primary amides is 1. The lowest BCUT2D eigenvalue weighted by atomic mass is 10.1. The van der Waals surface area contributed by atoms with Crippen LogP contribution in [0.5, 0.6) is 0 Å². The number of fused-ring (bicyclic) bond motifs is 1. The van der Waals surface area contributed by atoms with Crippen molar-refractivity contribution >= 4 is 15.9 Å². The zero-order chi connectivity index (χ0) is 17.5. The first kappa shape index (κ1) is 16.7. The van der Waals surface area contributed by atoms with Crippen LogP contribution < -0.4 is 10.5 Å². The lowest BCUT2D eigenvalue weighted by molar-refractivity contribution is 0.0992. The fourth-order valence-corrected chi connectivity index (χ4v) is 4.14. The van der Waals surface area contributed by atoms with Gasteiger partial charge in [0.15, 0.2) is 5.82 Å². The van der Waals surface area contributed by atoms with E-state index in [0.717, 1.165) is 13.0 Å². The van der Waals surface area contributed by atoms with Crippen LogP contribution >= 0.6 is 0 Å². The predicted molar refractivity (Wildman–Crippen MR) is 85.6 cm³/mol. The van der Waals surface area contributed by atoms with E-state index in [1.54, 1.807) is 11.7 Å². The highest BCUT2D eigenvalue weighted by molar-refractivity contribution is 7.89. The van der Waals surface area contributed by atoms with E-state index in [1.165, 1.54) is 16.8 Å². The fourth-order valence-electron chi connectivity index (χ4n) is 2.84. The van der Waals surface area contributed by atoms with E-state index in [1.807, 2.05) is 6.92 Å². The first-order chi connectivity index (χ1) is 11.3. The number of hydrogen-bond donors (Lipinski definition) is 2. The molecule has 0 radical (unpaired) electrons. The Balaban J connectivity index is 1.89. The van der Waals surface area contributed by atoms with Crippen molar-refractivity contribution in [1.82, 2.24) is 24.1 Å². The van der Waals surface area contributed by atoms with Crippen LogP contribution in [0.2, 0.25) is 0 Å². The third-order valence-electron chi connectivity index (χ3n) is 4.07. The van der Waals surface area contributed by atoms with Gasteiger partial charge in [-0.15, -0.1) is 0 Å². The molecule has 2 aromatic heterocycles. The number of nitrogens with one attached hydrogen (secondary N) is 1. The van der Waals surface area contributed by atoms with Crippen LogP contribution in [0.15, 0.2) is 17.2 Å². The minimum Gasteiger partial charge on any atom is -0.364 e. The van der Waals surface area contributed by atoms with Gasteiger partial charge in [0.1, 0.15) is 16.4 Å². The molecule has 0 saturated carbocycles. The summed E-state index contributed by atoms with van der Waals surface area (Å²) in [5, 5.41) is 4.37. The molecule has 1 amide bonds. The van der Waals surface area contributed by atoms with Gasteiger partial charge in [-0.3, -0.25) is 4.79 Å². The van der Waals surface area contributed by atoms with Gasteiger partial charge in [-0.1, -0.05) is 6.92 Å². The summed E-state index contributed by atoms with van der Waals surface area (Å²) >= 11 is 0. The molecule has 1 aliphatic heterocycles. The molecule has 1 atom stereocenters. The number of carbonyl (C=O) groups excluding carboxylic acids is 1. The molecule has 10 heteroatoms. The predicted octanol–water partition coefficient (Wildman–Crippen LogP) is 0.0913. The molecule has 0 unspecified atom stereocenters. The van der Waals surface area contributed by atoms with Crippen LogP contribution in [-0.2, 0) is 30.0 Å². The van der Waals surface area contributed by atoms with E-state index in [-0.39, 0.29) is 10.6 Å². The molecule has 3 rings (SSSR count). The third kappa shape index (κ3) is 2.94. The van der Waals surface area contributed by atoms with Crippen LogP contribution in [0.3, 0.4) is 0 Å². The zero-order valence-electron chi connectivity index (χ0n) is 13.6. The lowest BCUT2D eigenvalue weighted by Gasteiger charge is -2.22. The van der Waals surface area contributed by atoms with Gasteiger partial charge >= 0.3 is 0 Å². The summed E-state index contributed by atoms with van der Waals surface area (Å²) in [5.74, 6) is 0.656. The molecule has 2 aromatic rings. The standard InChI is InChI=1S/C14H20N6O3S/c1-3-12-16-14-10(5-4-6-20(14)17-12)18-24(22,23)9-7-11(13(15)21)19(2)8-9/h7-8,10,18H,3-6H2,1-2H3,(H2,15,21)/t10-/m1/s1. The van der Waals surface area contributed by atoms with Crippen molar-refractivity contribution in [2.24, 2.45) is 12.8 Å². The molecular weight excluding hydrogens is 332 g/mol. The maximum atomic E-state index is 12.6. The molecule has 3 N–H and O–H groups in total. The molecule has 0 spiro atoms. The molecule has 0 fully saturated rings. The van der Waals surface area contributed by atoms with Gasteiger partial charge in [0.2, 0.25) is 10.0 Å². The van der Waals surface area contributed by atoms with E-state index >= 15 is 0 Å². The van der Waals surface area contributed by atoms with E-state index in [0.29, 0.717) is 24.5 Å². The molecule has 9 nitrogen and oxygen atoms in total. The van der Waals surface area contributed by atoms with Crippen molar-refractivity contribution < 1.29 is 13.2 Å². The molecular formula is C14H20N6O3S.